The Kier molecular flexibility index (Phi) is 7.68. The fourth-order valence-electron chi connectivity index (χ4n) is 3.04. The molecule has 3 aromatic rings. The van der Waals surface area contributed by atoms with Crippen molar-refractivity contribution < 1.29 is 4.79 Å². The predicted molar refractivity (Wildman–Crippen MR) is 123 cm³/mol. The molecule has 160 valence electrons. The zero-order valence-electron chi connectivity index (χ0n) is 18.1. The molecule has 1 aromatic carbocycles. The molecule has 0 aliphatic rings. The number of thioether (sulfide) groups is 1. The fourth-order valence-corrected chi connectivity index (χ4v) is 3.74. The molecular formula is C22H30N6OS. The highest BCUT2D eigenvalue weighted by molar-refractivity contribution is 7.99. The average molecular weight is 427 g/mol. The van der Waals surface area contributed by atoms with Crippen LogP contribution in [0.3, 0.4) is 0 Å². The van der Waals surface area contributed by atoms with Gasteiger partial charge in [0, 0.05) is 24.3 Å². The van der Waals surface area contributed by atoms with Crippen LogP contribution in [0.2, 0.25) is 0 Å². The number of anilines is 1. The average Bonchev–Trinajstić information content (AvgIpc) is 3.09. The number of amides is 1. The van der Waals surface area contributed by atoms with Gasteiger partial charge in [-0.1, -0.05) is 55.9 Å². The largest absolute Gasteiger partial charge is 0.367 e. The van der Waals surface area contributed by atoms with Crippen molar-refractivity contribution in [3.8, 4) is 0 Å². The predicted octanol–water partition coefficient (Wildman–Crippen LogP) is 3.90. The number of nitrogens with zero attached hydrogens (tertiary/aromatic N) is 4. The number of aryl methyl sites for hydroxylation is 1. The molecule has 8 heteroatoms. The Morgan fingerprint density at radius 2 is 1.90 bits per heavy atom. The van der Waals surface area contributed by atoms with Crippen LogP contribution in [0, 0.1) is 0 Å². The summed E-state index contributed by atoms with van der Waals surface area (Å²) in [4.78, 5) is 21.6. The SMILES string of the molecule is CC(C)Nc1nc(SC(C)C)nc2c1cnn2CCNC(=O)CCc1ccccc1. The maximum absolute atomic E-state index is 12.2. The van der Waals surface area contributed by atoms with Gasteiger partial charge in [-0.2, -0.15) is 5.10 Å². The van der Waals surface area contributed by atoms with Gasteiger partial charge in [0.25, 0.3) is 0 Å². The summed E-state index contributed by atoms with van der Waals surface area (Å²) in [7, 11) is 0. The lowest BCUT2D eigenvalue weighted by atomic mass is 10.1. The van der Waals surface area contributed by atoms with Crippen molar-refractivity contribution in [1.29, 1.82) is 0 Å². The van der Waals surface area contributed by atoms with Crippen molar-refractivity contribution in [1.82, 2.24) is 25.1 Å². The minimum absolute atomic E-state index is 0.0446. The van der Waals surface area contributed by atoms with Crippen molar-refractivity contribution in [2.45, 2.75) is 63.5 Å². The minimum atomic E-state index is 0.0446. The van der Waals surface area contributed by atoms with Gasteiger partial charge in [0.1, 0.15) is 5.82 Å². The van der Waals surface area contributed by atoms with Crippen LogP contribution in [0.5, 0.6) is 0 Å². The van der Waals surface area contributed by atoms with E-state index in [0.717, 1.165) is 28.4 Å². The molecular weight excluding hydrogens is 396 g/mol. The van der Waals surface area contributed by atoms with Gasteiger partial charge in [0.05, 0.1) is 18.1 Å². The van der Waals surface area contributed by atoms with Gasteiger partial charge >= 0.3 is 0 Å². The third-order valence-corrected chi connectivity index (χ3v) is 5.24. The molecule has 0 saturated heterocycles. The number of hydrogen-bond acceptors (Lipinski definition) is 6. The maximum atomic E-state index is 12.2. The summed E-state index contributed by atoms with van der Waals surface area (Å²) < 4.78 is 1.84. The van der Waals surface area contributed by atoms with Crippen LogP contribution in [0.15, 0.2) is 41.7 Å². The third kappa shape index (κ3) is 6.19. The number of carbonyl (C=O) groups is 1. The Bertz CT molecular complexity index is 970. The molecule has 2 heterocycles. The summed E-state index contributed by atoms with van der Waals surface area (Å²) in [5.41, 5.74) is 1.96. The summed E-state index contributed by atoms with van der Waals surface area (Å²) in [5.74, 6) is 0.847. The van der Waals surface area contributed by atoms with E-state index in [-0.39, 0.29) is 11.9 Å². The summed E-state index contributed by atoms with van der Waals surface area (Å²) >= 11 is 1.63. The van der Waals surface area contributed by atoms with E-state index >= 15 is 0 Å². The van der Waals surface area contributed by atoms with Crippen LogP contribution in [0.4, 0.5) is 5.82 Å². The quantitative estimate of drug-likeness (QED) is 0.378. The van der Waals surface area contributed by atoms with E-state index in [4.69, 9.17) is 4.98 Å². The second-order valence-corrected chi connectivity index (χ2v) is 9.30. The molecule has 3 rings (SSSR count). The van der Waals surface area contributed by atoms with Crippen molar-refractivity contribution in [2.24, 2.45) is 0 Å². The fraction of sp³-hybridized carbons (Fsp3) is 0.455. The van der Waals surface area contributed by atoms with Gasteiger partial charge in [-0.25, -0.2) is 14.6 Å². The van der Waals surface area contributed by atoms with Crippen molar-refractivity contribution in [3.05, 3.63) is 42.1 Å². The normalized spacial score (nSPS) is 11.4. The maximum Gasteiger partial charge on any atom is 0.220 e. The molecule has 0 fully saturated rings. The van der Waals surface area contributed by atoms with Crippen molar-refractivity contribution in [3.63, 3.8) is 0 Å². The van der Waals surface area contributed by atoms with E-state index in [1.807, 2.05) is 35.0 Å². The molecule has 1 amide bonds. The summed E-state index contributed by atoms with van der Waals surface area (Å²) in [6, 6.07) is 10.3. The van der Waals surface area contributed by atoms with Gasteiger partial charge in [-0.3, -0.25) is 4.79 Å². The Balaban J connectivity index is 1.64. The molecule has 2 N–H and O–H groups in total. The first-order chi connectivity index (χ1) is 14.4. The van der Waals surface area contributed by atoms with Gasteiger partial charge in [-0.05, 0) is 25.8 Å². The van der Waals surface area contributed by atoms with Crippen LogP contribution in [-0.4, -0.2) is 43.5 Å². The van der Waals surface area contributed by atoms with Crippen LogP contribution in [-0.2, 0) is 17.8 Å². The minimum Gasteiger partial charge on any atom is -0.367 e. The van der Waals surface area contributed by atoms with E-state index in [1.165, 1.54) is 5.56 Å². The number of fused-ring (bicyclic) bond motifs is 1. The van der Waals surface area contributed by atoms with Crippen LogP contribution < -0.4 is 10.6 Å². The first-order valence-electron chi connectivity index (χ1n) is 10.4. The highest BCUT2D eigenvalue weighted by Crippen LogP contribution is 2.26. The topological polar surface area (TPSA) is 84.7 Å². The van der Waals surface area contributed by atoms with Crippen molar-refractivity contribution >= 4 is 34.5 Å². The Labute approximate surface area is 182 Å². The third-order valence-electron chi connectivity index (χ3n) is 4.37. The lowest BCUT2D eigenvalue weighted by Gasteiger charge is -2.12. The molecule has 2 aromatic heterocycles. The molecule has 0 unspecified atom stereocenters. The number of aromatic nitrogens is 4. The molecule has 0 saturated carbocycles. The van der Waals surface area contributed by atoms with E-state index in [1.54, 1.807) is 18.0 Å². The number of carbonyl (C=O) groups excluding carboxylic acids is 1. The van der Waals surface area contributed by atoms with E-state index in [9.17, 15) is 4.79 Å². The van der Waals surface area contributed by atoms with E-state index in [0.29, 0.717) is 24.8 Å². The lowest BCUT2D eigenvalue weighted by molar-refractivity contribution is -0.121. The Hall–Kier alpha value is -2.61. The number of hydrogen-bond donors (Lipinski definition) is 2. The van der Waals surface area contributed by atoms with Gasteiger partial charge in [-0.15, -0.1) is 0 Å². The first kappa shape index (κ1) is 22.1. The first-order valence-corrected chi connectivity index (χ1v) is 11.3. The molecule has 30 heavy (non-hydrogen) atoms. The van der Waals surface area contributed by atoms with Crippen LogP contribution >= 0.6 is 11.8 Å². The number of nitrogens with one attached hydrogen (secondary N) is 2. The lowest BCUT2D eigenvalue weighted by Crippen LogP contribution is -2.27. The number of rotatable bonds is 10. The van der Waals surface area contributed by atoms with E-state index in [2.05, 4.69) is 48.4 Å². The van der Waals surface area contributed by atoms with Gasteiger partial charge < -0.3 is 10.6 Å². The highest BCUT2D eigenvalue weighted by Gasteiger charge is 2.15. The molecule has 0 radical (unpaired) electrons. The summed E-state index contributed by atoms with van der Waals surface area (Å²) in [6.07, 6.45) is 3.01. The Morgan fingerprint density at radius 1 is 1.13 bits per heavy atom. The molecule has 7 nitrogen and oxygen atoms in total. The zero-order valence-corrected chi connectivity index (χ0v) is 18.9. The zero-order chi connectivity index (χ0) is 21.5. The monoisotopic (exact) mass is 426 g/mol. The summed E-state index contributed by atoms with van der Waals surface area (Å²) in [5, 5.41) is 12.9. The smallest absolute Gasteiger partial charge is 0.220 e. The molecule has 0 aliphatic carbocycles. The number of benzene rings is 1. The standard InChI is InChI=1S/C22H30N6OS/c1-15(2)25-20-18-14-24-28(21(18)27-22(26-20)30-16(3)4)13-12-23-19(29)11-10-17-8-6-5-7-9-17/h5-9,14-16H,10-13H2,1-4H3,(H,23,29)(H,25,26,27). The van der Waals surface area contributed by atoms with Crippen LogP contribution in [0.1, 0.15) is 39.7 Å². The van der Waals surface area contributed by atoms with Gasteiger partial charge in [0.2, 0.25) is 5.91 Å². The highest BCUT2D eigenvalue weighted by atomic mass is 32.2. The summed E-state index contributed by atoms with van der Waals surface area (Å²) in [6.45, 7) is 9.47. The van der Waals surface area contributed by atoms with Crippen LogP contribution in [0.25, 0.3) is 11.0 Å². The molecule has 0 spiro atoms. The second kappa shape index (κ2) is 10.4. The van der Waals surface area contributed by atoms with Crippen molar-refractivity contribution in [2.75, 3.05) is 11.9 Å². The van der Waals surface area contributed by atoms with E-state index < -0.39 is 0 Å². The molecule has 0 aliphatic heterocycles. The Morgan fingerprint density at radius 3 is 2.60 bits per heavy atom. The second-order valence-electron chi connectivity index (χ2n) is 7.76. The molecule has 0 atom stereocenters. The molecule has 0 bridgehead atoms. The van der Waals surface area contributed by atoms with Gasteiger partial charge in [0.15, 0.2) is 10.8 Å².